The van der Waals surface area contributed by atoms with Gasteiger partial charge in [-0.2, -0.15) is 0 Å². The molecule has 1 aliphatic heterocycles. The fourth-order valence-corrected chi connectivity index (χ4v) is 3.44. The number of aliphatic imine (C=N–C) groups is 1. The predicted molar refractivity (Wildman–Crippen MR) is 88.0 cm³/mol. The molecule has 3 N–H and O–H groups in total. The third-order valence-electron chi connectivity index (χ3n) is 3.66. The first-order valence-corrected chi connectivity index (χ1v) is 8.50. The van der Waals surface area contributed by atoms with E-state index in [2.05, 4.69) is 11.9 Å². The van der Waals surface area contributed by atoms with Gasteiger partial charge in [0.05, 0.1) is 0 Å². The molecule has 1 aromatic rings. The number of nitrogens with zero attached hydrogens (tertiary/aromatic N) is 1. The Morgan fingerprint density at radius 2 is 2.05 bits per heavy atom. The summed E-state index contributed by atoms with van der Waals surface area (Å²) >= 11 is 1.32. The molecule has 5 nitrogen and oxygen atoms in total. The molecule has 120 valence electrons. The molecule has 0 aliphatic carbocycles. The Kier molecular flexibility index (Phi) is 5.71. The third kappa shape index (κ3) is 3.94. The van der Waals surface area contributed by atoms with E-state index >= 15 is 0 Å². The fourth-order valence-electron chi connectivity index (χ4n) is 2.38. The highest BCUT2D eigenvalue weighted by molar-refractivity contribution is 8.14. The van der Waals surface area contributed by atoms with Crippen molar-refractivity contribution in [2.24, 2.45) is 4.99 Å². The van der Waals surface area contributed by atoms with Crippen molar-refractivity contribution in [2.45, 2.75) is 45.1 Å². The molecule has 1 unspecified atom stereocenters. The van der Waals surface area contributed by atoms with Crippen molar-refractivity contribution in [3.05, 3.63) is 23.3 Å². The summed E-state index contributed by atoms with van der Waals surface area (Å²) in [5, 5.41) is 29.5. The van der Waals surface area contributed by atoms with E-state index in [1.54, 1.807) is 6.07 Å². The zero-order valence-electron chi connectivity index (χ0n) is 12.6. The molecular weight excluding hydrogens is 302 g/mol. The summed E-state index contributed by atoms with van der Waals surface area (Å²) < 4.78 is 0. The van der Waals surface area contributed by atoms with Crippen LogP contribution >= 0.6 is 11.8 Å². The number of aromatic hydroxyl groups is 2. The van der Waals surface area contributed by atoms with Crippen molar-refractivity contribution < 1.29 is 20.1 Å². The highest BCUT2D eigenvalue weighted by Gasteiger charge is 2.27. The molecule has 1 aromatic carbocycles. The van der Waals surface area contributed by atoms with Gasteiger partial charge in [0.2, 0.25) is 0 Å². The number of phenolic OH excluding ortho intramolecular Hbond substituents is 2. The molecule has 0 radical (unpaired) electrons. The van der Waals surface area contributed by atoms with Gasteiger partial charge in [0.25, 0.3) is 0 Å². The summed E-state index contributed by atoms with van der Waals surface area (Å²) in [6.07, 6.45) is 5.12. The van der Waals surface area contributed by atoms with Gasteiger partial charge in [-0.25, -0.2) is 4.79 Å². The van der Waals surface area contributed by atoms with Crippen molar-refractivity contribution in [3.8, 4) is 11.5 Å². The number of unbranched alkanes of at least 4 members (excludes halogenated alkanes) is 3. The van der Waals surface area contributed by atoms with Crippen LogP contribution in [0.2, 0.25) is 0 Å². The summed E-state index contributed by atoms with van der Waals surface area (Å²) in [7, 11) is 0. The number of benzene rings is 1. The van der Waals surface area contributed by atoms with Gasteiger partial charge in [-0.1, -0.05) is 26.2 Å². The van der Waals surface area contributed by atoms with E-state index in [4.69, 9.17) is 5.11 Å². The highest BCUT2D eigenvalue weighted by atomic mass is 32.2. The number of aryl methyl sites for hydroxylation is 1. The molecule has 0 bridgehead atoms. The van der Waals surface area contributed by atoms with Gasteiger partial charge in [0, 0.05) is 17.4 Å². The molecule has 1 heterocycles. The van der Waals surface area contributed by atoms with Crippen molar-refractivity contribution in [1.29, 1.82) is 0 Å². The van der Waals surface area contributed by atoms with Gasteiger partial charge in [-0.3, -0.25) is 4.99 Å². The standard InChI is InChI=1S/C16H21NO4S/c1-2-3-4-5-6-10-7-11(14(19)8-13(10)18)15-17-12(9-22-15)16(20)21/h7-8,12,18-19H,2-6,9H2,1H3,(H,20,21). The minimum Gasteiger partial charge on any atom is -0.508 e. The van der Waals surface area contributed by atoms with Crippen LogP contribution in [-0.2, 0) is 11.2 Å². The summed E-state index contributed by atoms with van der Waals surface area (Å²) in [6, 6.07) is 2.29. The van der Waals surface area contributed by atoms with Crippen LogP contribution in [0.4, 0.5) is 0 Å². The number of phenols is 2. The van der Waals surface area contributed by atoms with E-state index in [-0.39, 0.29) is 11.5 Å². The van der Waals surface area contributed by atoms with Crippen LogP contribution in [0.25, 0.3) is 0 Å². The lowest BCUT2D eigenvalue weighted by molar-refractivity contribution is -0.137. The topological polar surface area (TPSA) is 90.1 Å². The molecule has 1 atom stereocenters. The number of hydrogen-bond donors (Lipinski definition) is 3. The molecule has 0 fully saturated rings. The molecule has 0 spiro atoms. The van der Waals surface area contributed by atoms with Crippen molar-refractivity contribution in [3.63, 3.8) is 0 Å². The average Bonchev–Trinajstić information content (AvgIpc) is 2.95. The Labute approximate surface area is 134 Å². The third-order valence-corrected chi connectivity index (χ3v) is 4.74. The van der Waals surface area contributed by atoms with Gasteiger partial charge in [0.15, 0.2) is 6.04 Å². The zero-order valence-corrected chi connectivity index (χ0v) is 13.4. The first kappa shape index (κ1) is 16.7. The number of aliphatic carboxylic acids is 1. The minimum absolute atomic E-state index is 0.0629. The number of carboxylic acids is 1. The lowest BCUT2D eigenvalue weighted by Crippen LogP contribution is -2.17. The molecule has 0 saturated carbocycles. The van der Waals surface area contributed by atoms with Gasteiger partial charge in [-0.15, -0.1) is 11.8 Å². The van der Waals surface area contributed by atoms with Crippen LogP contribution in [0.5, 0.6) is 11.5 Å². The van der Waals surface area contributed by atoms with Gasteiger partial charge in [0.1, 0.15) is 16.5 Å². The van der Waals surface area contributed by atoms with E-state index in [0.717, 1.165) is 37.7 Å². The lowest BCUT2D eigenvalue weighted by atomic mass is 10.0. The normalized spacial score (nSPS) is 17.5. The van der Waals surface area contributed by atoms with Crippen LogP contribution in [0.15, 0.2) is 17.1 Å². The summed E-state index contributed by atoms with van der Waals surface area (Å²) in [4.78, 5) is 15.1. The van der Waals surface area contributed by atoms with E-state index in [9.17, 15) is 15.0 Å². The van der Waals surface area contributed by atoms with E-state index in [0.29, 0.717) is 16.4 Å². The van der Waals surface area contributed by atoms with Crippen molar-refractivity contribution >= 4 is 22.8 Å². The molecule has 0 saturated heterocycles. The summed E-state index contributed by atoms with van der Waals surface area (Å²) in [5.41, 5.74) is 1.28. The SMILES string of the molecule is CCCCCCc1cc(C2=NC(C(=O)O)CS2)c(O)cc1O. The minimum atomic E-state index is -0.958. The molecule has 2 rings (SSSR count). The predicted octanol–water partition coefficient (Wildman–Crippen LogP) is 3.17. The largest absolute Gasteiger partial charge is 0.508 e. The second-order valence-corrected chi connectivity index (χ2v) is 6.42. The Balaban J connectivity index is 2.18. The van der Waals surface area contributed by atoms with Gasteiger partial charge >= 0.3 is 5.97 Å². The Hall–Kier alpha value is -1.69. The van der Waals surface area contributed by atoms with E-state index in [1.807, 2.05) is 0 Å². The second-order valence-electron chi connectivity index (χ2n) is 5.41. The Bertz CT molecular complexity index is 586. The fraction of sp³-hybridized carbons (Fsp3) is 0.500. The number of thioether (sulfide) groups is 1. The second kappa shape index (κ2) is 7.54. The van der Waals surface area contributed by atoms with E-state index < -0.39 is 12.0 Å². The van der Waals surface area contributed by atoms with E-state index in [1.165, 1.54) is 17.8 Å². The maximum absolute atomic E-state index is 11.0. The molecule has 0 amide bonds. The van der Waals surface area contributed by atoms with Crippen LogP contribution in [0.1, 0.15) is 43.7 Å². The van der Waals surface area contributed by atoms with Crippen LogP contribution in [0.3, 0.4) is 0 Å². The van der Waals surface area contributed by atoms with Crippen LogP contribution in [0, 0.1) is 0 Å². The van der Waals surface area contributed by atoms with Crippen LogP contribution in [-0.4, -0.2) is 38.1 Å². The number of hydrogen-bond acceptors (Lipinski definition) is 5. The molecule has 0 aromatic heterocycles. The summed E-state index contributed by atoms with van der Waals surface area (Å²) in [5.74, 6) is -0.569. The number of rotatable bonds is 7. The Morgan fingerprint density at radius 1 is 1.27 bits per heavy atom. The zero-order chi connectivity index (χ0) is 16.1. The summed E-state index contributed by atoms with van der Waals surface area (Å²) in [6.45, 7) is 2.14. The maximum atomic E-state index is 11.0. The van der Waals surface area contributed by atoms with Crippen molar-refractivity contribution in [1.82, 2.24) is 0 Å². The Morgan fingerprint density at radius 3 is 2.68 bits per heavy atom. The highest BCUT2D eigenvalue weighted by Crippen LogP contribution is 2.34. The van der Waals surface area contributed by atoms with Crippen LogP contribution < -0.4 is 0 Å². The average molecular weight is 323 g/mol. The number of carboxylic acid groups (broad SMARTS) is 1. The van der Waals surface area contributed by atoms with Gasteiger partial charge in [-0.05, 0) is 24.5 Å². The first-order chi connectivity index (χ1) is 10.5. The molecular formula is C16H21NO4S. The van der Waals surface area contributed by atoms with Gasteiger partial charge < -0.3 is 15.3 Å². The first-order valence-electron chi connectivity index (χ1n) is 7.51. The molecule has 22 heavy (non-hydrogen) atoms. The lowest BCUT2D eigenvalue weighted by Gasteiger charge is -2.10. The monoisotopic (exact) mass is 323 g/mol. The van der Waals surface area contributed by atoms with Crippen molar-refractivity contribution in [2.75, 3.05) is 5.75 Å². The maximum Gasteiger partial charge on any atom is 0.329 e. The molecule has 6 heteroatoms. The number of carbonyl (C=O) groups is 1. The quantitative estimate of drug-likeness (QED) is 0.671. The smallest absolute Gasteiger partial charge is 0.329 e. The molecule has 1 aliphatic rings.